The summed E-state index contributed by atoms with van der Waals surface area (Å²) in [5, 5.41) is 2.90. The molecular weight excluding hydrogens is 309 g/mol. The highest BCUT2D eigenvalue weighted by Crippen LogP contribution is 2.20. The van der Waals surface area contributed by atoms with Gasteiger partial charge in [0.2, 0.25) is 0 Å². The smallest absolute Gasteiger partial charge is 0.261 e. The molecule has 5 heteroatoms. The van der Waals surface area contributed by atoms with E-state index in [1.165, 1.54) is 12.1 Å². The van der Waals surface area contributed by atoms with Crippen molar-refractivity contribution in [2.45, 2.75) is 32.4 Å². The van der Waals surface area contributed by atoms with Gasteiger partial charge in [-0.25, -0.2) is 4.39 Å². The fourth-order valence-electron chi connectivity index (χ4n) is 2.30. The van der Waals surface area contributed by atoms with Crippen LogP contribution in [0, 0.1) is 5.82 Å². The number of rotatable bonds is 7. The van der Waals surface area contributed by atoms with Gasteiger partial charge in [0, 0.05) is 0 Å². The molecule has 0 spiro atoms. The maximum atomic E-state index is 13.7. The number of carbonyl (C=O) groups excluding carboxylic acids is 1. The highest BCUT2D eigenvalue weighted by atomic mass is 19.1. The number of hydrogen-bond acceptors (Lipinski definition) is 3. The van der Waals surface area contributed by atoms with Gasteiger partial charge >= 0.3 is 0 Å². The van der Waals surface area contributed by atoms with Gasteiger partial charge in [-0.15, -0.1) is 0 Å². The molecule has 0 saturated carbocycles. The van der Waals surface area contributed by atoms with E-state index in [0.29, 0.717) is 6.42 Å². The fraction of sp³-hybridized carbons (Fsp3) is 0.316. The zero-order valence-electron chi connectivity index (χ0n) is 14.1. The second kappa shape index (κ2) is 8.34. The molecule has 0 aliphatic heterocycles. The summed E-state index contributed by atoms with van der Waals surface area (Å²) in [6.07, 6.45) is -0.308. The molecule has 0 aliphatic rings. The molecule has 24 heavy (non-hydrogen) atoms. The van der Waals surface area contributed by atoms with Gasteiger partial charge in [-0.1, -0.05) is 31.2 Å². The fourth-order valence-corrected chi connectivity index (χ4v) is 2.30. The first kappa shape index (κ1) is 17.8. The van der Waals surface area contributed by atoms with Crippen molar-refractivity contribution in [2.75, 3.05) is 7.11 Å². The van der Waals surface area contributed by atoms with Crippen LogP contribution in [0.2, 0.25) is 0 Å². The number of methoxy groups -OCH3 is 1. The van der Waals surface area contributed by atoms with Crippen LogP contribution in [0.15, 0.2) is 48.5 Å². The van der Waals surface area contributed by atoms with Crippen LogP contribution in [0.4, 0.5) is 4.39 Å². The first-order valence-corrected chi connectivity index (χ1v) is 7.90. The summed E-state index contributed by atoms with van der Waals surface area (Å²) in [5.74, 6) is 0.0826. The molecule has 2 aromatic carbocycles. The highest BCUT2D eigenvalue weighted by molar-refractivity contribution is 5.81. The van der Waals surface area contributed by atoms with E-state index in [9.17, 15) is 9.18 Å². The summed E-state index contributed by atoms with van der Waals surface area (Å²) in [4.78, 5) is 12.4. The molecule has 0 saturated heterocycles. The van der Waals surface area contributed by atoms with E-state index in [2.05, 4.69) is 5.32 Å². The van der Waals surface area contributed by atoms with Gasteiger partial charge in [0.15, 0.2) is 17.7 Å². The van der Waals surface area contributed by atoms with Crippen molar-refractivity contribution >= 4 is 5.91 Å². The largest absolute Gasteiger partial charge is 0.497 e. The van der Waals surface area contributed by atoms with E-state index in [1.807, 2.05) is 38.1 Å². The third-order valence-electron chi connectivity index (χ3n) is 3.74. The molecular formula is C19H22FNO3. The van der Waals surface area contributed by atoms with E-state index in [0.717, 1.165) is 11.3 Å². The van der Waals surface area contributed by atoms with Crippen molar-refractivity contribution in [3.8, 4) is 11.5 Å². The summed E-state index contributed by atoms with van der Waals surface area (Å²) >= 11 is 0. The molecule has 0 radical (unpaired) electrons. The van der Waals surface area contributed by atoms with Gasteiger partial charge in [-0.2, -0.15) is 0 Å². The van der Waals surface area contributed by atoms with Crippen molar-refractivity contribution in [3.05, 3.63) is 59.9 Å². The Morgan fingerprint density at radius 3 is 2.42 bits per heavy atom. The van der Waals surface area contributed by atoms with E-state index in [1.54, 1.807) is 19.2 Å². The second-order valence-corrected chi connectivity index (χ2v) is 5.45. The first-order valence-electron chi connectivity index (χ1n) is 7.90. The van der Waals surface area contributed by atoms with Gasteiger partial charge in [0.25, 0.3) is 5.91 Å². The predicted molar refractivity (Wildman–Crippen MR) is 90.7 cm³/mol. The average molecular weight is 331 g/mol. The lowest BCUT2D eigenvalue weighted by Crippen LogP contribution is -2.39. The third-order valence-corrected chi connectivity index (χ3v) is 3.74. The van der Waals surface area contributed by atoms with Crippen LogP contribution in [0.1, 0.15) is 31.9 Å². The summed E-state index contributed by atoms with van der Waals surface area (Å²) < 4.78 is 24.3. The van der Waals surface area contributed by atoms with Crippen LogP contribution in [-0.2, 0) is 4.79 Å². The standard InChI is InChI=1S/C19H22FNO3/c1-4-17(24-18-8-6-5-7-16(18)20)19(22)21-13(2)14-9-11-15(23-3)12-10-14/h5-13,17H,4H2,1-3H3,(H,21,22)/t13-,17+/m0/s1. The lowest BCUT2D eigenvalue weighted by atomic mass is 10.1. The molecule has 2 aromatic rings. The lowest BCUT2D eigenvalue weighted by Gasteiger charge is -2.21. The number of ether oxygens (including phenoxy) is 2. The van der Waals surface area contributed by atoms with Crippen molar-refractivity contribution in [2.24, 2.45) is 0 Å². The normalized spacial score (nSPS) is 13.0. The van der Waals surface area contributed by atoms with Crippen LogP contribution in [-0.4, -0.2) is 19.1 Å². The molecule has 4 nitrogen and oxygen atoms in total. The number of halogens is 1. The predicted octanol–water partition coefficient (Wildman–Crippen LogP) is 3.87. The van der Waals surface area contributed by atoms with Gasteiger partial charge < -0.3 is 14.8 Å². The molecule has 128 valence electrons. The summed E-state index contributed by atoms with van der Waals surface area (Å²) in [6, 6.07) is 13.3. The van der Waals surface area contributed by atoms with Crippen molar-refractivity contribution in [1.29, 1.82) is 0 Å². The third kappa shape index (κ3) is 4.47. The monoisotopic (exact) mass is 331 g/mol. The van der Waals surface area contributed by atoms with E-state index in [-0.39, 0.29) is 17.7 Å². The van der Waals surface area contributed by atoms with Gasteiger partial charge in [0.05, 0.1) is 13.2 Å². The second-order valence-electron chi connectivity index (χ2n) is 5.45. The molecule has 1 amide bonds. The van der Waals surface area contributed by atoms with Crippen LogP contribution in [0.25, 0.3) is 0 Å². The zero-order chi connectivity index (χ0) is 17.5. The van der Waals surface area contributed by atoms with E-state index >= 15 is 0 Å². The Morgan fingerprint density at radius 2 is 1.83 bits per heavy atom. The molecule has 0 heterocycles. The van der Waals surface area contributed by atoms with Crippen LogP contribution in [0.5, 0.6) is 11.5 Å². The molecule has 2 atom stereocenters. The summed E-state index contributed by atoms with van der Waals surface area (Å²) in [5.41, 5.74) is 0.949. The Balaban J connectivity index is 2.01. The quantitative estimate of drug-likeness (QED) is 0.838. The number of carbonyl (C=O) groups is 1. The maximum absolute atomic E-state index is 13.7. The summed E-state index contributed by atoms with van der Waals surface area (Å²) in [7, 11) is 1.60. The maximum Gasteiger partial charge on any atom is 0.261 e. The minimum atomic E-state index is -0.748. The number of hydrogen-bond donors (Lipinski definition) is 1. The van der Waals surface area contributed by atoms with Crippen molar-refractivity contribution < 1.29 is 18.7 Å². The molecule has 1 N–H and O–H groups in total. The Labute approximate surface area is 141 Å². The van der Waals surface area contributed by atoms with Gasteiger partial charge in [-0.05, 0) is 43.2 Å². The topological polar surface area (TPSA) is 47.6 Å². The van der Waals surface area contributed by atoms with Gasteiger partial charge in [0.1, 0.15) is 5.75 Å². The number of benzene rings is 2. The van der Waals surface area contributed by atoms with Crippen LogP contribution < -0.4 is 14.8 Å². The van der Waals surface area contributed by atoms with Gasteiger partial charge in [-0.3, -0.25) is 4.79 Å². The lowest BCUT2D eigenvalue weighted by molar-refractivity contribution is -0.128. The highest BCUT2D eigenvalue weighted by Gasteiger charge is 2.21. The number of nitrogens with one attached hydrogen (secondary N) is 1. The molecule has 0 bridgehead atoms. The Bertz CT molecular complexity index is 673. The average Bonchev–Trinajstić information content (AvgIpc) is 2.61. The zero-order valence-corrected chi connectivity index (χ0v) is 14.1. The molecule has 0 unspecified atom stereocenters. The van der Waals surface area contributed by atoms with Crippen molar-refractivity contribution in [3.63, 3.8) is 0 Å². The SMILES string of the molecule is CC[C@@H](Oc1ccccc1F)C(=O)N[C@@H](C)c1ccc(OC)cc1. The van der Waals surface area contributed by atoms with Crippen molar-refractivity contribution in [1.82, 2.24) is 5.32 Å². The Hall–Kier alpha value is -2.56. The molecule has 2 rings (SSSR count). The van der Waals surface area contributed by atoms with Crippen LogP contribution >= 0.6 is 0 Å². The van der Waals surface area contributed by atoms with Crippen LogP contribution in [0.3, 0.4) is 0 Å². The Kier molecular flexibility index (Phi) is 6.18. The number of amides is 1. The summed E-state index contributed by atoms with van der Waals surface area (Å²) in [6.45, 7) is 3.71. The first-order chi connectivity index (χ1) is 11.5. The van der Waals surface area contributed by atoms with E-state index in [4.69, 9.17) is 9.47 Å². The Morgan fingerprint density at radius 1 is 1.17 bits per heavy atom. The van der Waals surface area contributed by atoms with E-state index < -0.39 is 11.9 Å². The molecule has 0 aliphatic carbocycles. The number of para-hydroxylation sites is 1. The molecule has 0 fully saturated rings. The minimum Gasteiger partial charge on any atom is -0.497 e. The minimum absolute atomic E-state index is 0.0802. The molecule has 0 aromatic heterocycles.